The standard InChI is InChI=1S/C38H44O9/c1-23-18-19-37(6,7)32(41)21-31(45-35(42)28-14-10-8-11-15-28)24(2)20-30-33(46-36(43)29-16-12-9-13-17-29)25(3)22-38(30,47-27(5)40)34(23)44-26(4)39/h8-20,23,25,30-31,33-34H,21-22H2,1-7H3/b19-18-,24-20-/t23-,25-,30+,31-,33+,34-,38-/m1/s1. The average Bonchev–Trinajstić information content (AvgIpc) is 3.27. The minimum Gasteiger partial charge on any atom is -0.458 e. The summed E-state index contributed by atoms with van der Waals surface area (Å²) >= 11 is 0. The fraction of sp³-hybridized carbons (Fsp3) is 0.447. The molecule has 1 fully saturated rings. The quantitative estimate of drug-likeness (QED) is 0.198. The Labute approximate surface area is 276 Å². The van der Waals surface area contributed by atoms with E-state index in [9.17, 15) is 24.0 Å². The molecule has 250 valence electrons. The predicted octanol–water partition coefficient (Wildman–Crippen LogP) is 6.46. The Morgan fingerprint density at radius 2 is 1.34 bits per heavy atom. The van der Waals surface area contributed by atoms with Gasteiger partial charge < -0.3 is 18.9 Å². The summed E-state index contributed by atoms with van der Waals surface area (Å²) in [5.74, 6) is -4.29. The average molecular weight is 645 g/mol. The second kappa shape index (κ2) is 14.5. The van der Waals surface area contributed by atoms with E-state index in [1.165, 1.54) is 13.8 Å². The molecule has 0 spiro atoms. The molecule has 0 heterocycles. The van der Waals surface area contributed by atoms with Gasteiger partial charge in [0, 0.05) is 31.6 Å². The summed E-state index contributed by atoms with van der Waals surface area (Å²) in [5.41, 5.74) is -1.30. The number of carbonyl (C=O) groups is 5. The first-order valence-corrected chi connectivity index (χ1v) is 15.9. The van der Waals surface area contributed by atoms with Crippen molar-refractivity contribution in [3.05, 3.63) is 95.6 Å². The maximum absolute atomic E-state index is 13.8. The number of carbonyl (C=O) groups excluding carboxylic acids is 5. The van der Waals surface area contributed by atoms with Crippen molar-refractivity contribution in [2.75, 3.05) is 0 Å². The van der Waals surface area contributed by atoms with E-state index in [2.05, 4.69) is 0 Å². The largest absolute Gasteiger partial charge is 0.458 e. The number of allylic oxidation sites excluding steroid dienone is 1. The third kappa shape index (κ3) is 8.07. The molecule has 7 atom stereocenters. The number of ether oxygens (including phenoxy) is 4. The van der Waals surface area contributed by atoms with Crippen LogP contribution in [0.4, 0.5) is 0 Å². The molecule has 0 unspecified atom stereocenters. The zero-order valence-electron chi connectivity index (χ0n) is 28.1. The number of ketones is 1. The molecule has 2 aromatic rings. The molecule has 9 nitrogen and oxygen atoms in total. The highest BCUT2D eigenvalue weighted by Gasteiger charge is 2.62. The molecule has 47 heavy (non-hydrogen) atoms. The summed E-state index contributed by atoms with van der Waals surface area (Å²) in [6.07, 6.45) is 2.49. The van der Waals surface area contributed by atoms with Gasteiger partial charge in [-0.05, 0) is 62.9 Å². The summed E-state index contributed by atoms with van der Waals surface area (Å²) in [5, 5.41) is 0. The van der Waals surface area contributed by atoms with E-state index >= 15 is 0 Å². The lowest BCUT2D eigenvalue weighted by molar-refractivity contribution is -0.195. The van der Waals surface area contributed by atoms with Crippen LogP contribution in [0.15, 0.2) is 84.5 Å². The highest BCUT2D eigenvalue weighted by Crippen LogP contribution is 2.51. The van der Waals surface area contributed by atoms with Gasteiger partial charge in [-0.15, -0.1) is 0 Å². The number of hydrogen-bond donors (Lipinski definition) is 0. The van der Waals surface area contributed by atoms with E-state index < -0.39 is 65.0 Å². The summed E-state index contributed by atoms with van der Waals surface area (Å²) in [4.78, 5) is 66.0. The van der Waals surface area contributed by atoms with Crippen LogP contribution in [0.1, 0.15) is 82.0 Å². The number of fused-ring (bicyclic) bond motifs is 1. The zero-order valence-corrected chi connectivity index (χ0v) is 28.1. The Balaban J connectivity index is 1.92. The molecule has 0 aliphatic heterocycles. The van der Waals surface area contributed by atoms with Crippen LogP contribution in [0.2, 0.25) is 0 Å². The van der Waals surface area contributed by atoms with Crippen LogP contribution < -0.4 is 0 Å². The number of rotatable bonds is 6. The lowest BCUT2D eigenvalue weighted by Gasteiger charge is -2.43. The Kier molecular flexibility index (Phi) is 10.9. The van der Waals surface area contributed by atoms with Crippen molar-refractivity contribution in [1.82, 2.24) is 0 Å². The number of esters is 4. The fourth-order valence-corrected chi connectivity index (χ4v) is 6.63. The number of hydrogen-bond acceptors (Lipinski definition) is 9. The van der Waals surface area contributed by atoms with Gasteiger partial charge in [0.15, 0.2) is 5.60 Å². The van der Waals surface area contributed by atoms with Crippen LogP contribution in [0.3, 0.4) is 0 Å². The monoisotopic (exact) mass is 644 g/mol. The molecule has 0 N–H and O–H groups in total. The smallest absolute Gasteiger partial charge is 0.338 e. The molecule has 2 aliphatic carbocycles. The van der Waals surface area contributed by atoms with Crippen molar-refractivity contribution in [3.63, 3.8) is 0 Å². The summed E-state index contributed by atoms with van der Waals surface area (Å²) < 4.78 is 24.4. The molecule has 2 aromatic carbocycles. The molecule has 0 aromatic heterocycles. The van der Waals surface area contributed by atoms with Crippen LogP contribution in [0, 0.1) is 23.2 Å². The molecule has 9 heteroatoms. The zero-order chi connectivity index (χ0) is 34.5. The second-order valence-electron chi connectivity index (χ2n) is 13.3. The highest BCUT2D eigenvalue weighted by molar-refractivity contribution is 5.91. The van der Waals surface area contributed by atoms with Crippen LogP contribution in [-0.2, 0) is 33.3 Å². The van der Waals surface area contributed by atoms with E-state index in [1.54, 1.807) is 99.7 Å². The predicted molar refractivity (Wildman–Crippen MR) is 174 cm³/mol. The van der Waals surface area contributed by atoms with Gasteiger partial charge in [-0.1, -0.05) is 68.5 Å². The summed E-state index contributed by atoms with van der Waals surface area (Å²) in [6, 6.07) is 17.0. The minimum absolute atomic E-state index is 0.128. The summed E-state index contributed by atoms with van der Waals surface area (Å²) in [6.45, 7) is 11.5. The van der Waals surface area contributed by atoms with Crippen molar-refractivity contribution in [1.29, 1.82) is 0 Å². The molecule has 0 bridgehead atoms. The first-order valence-electron chi connectivity index (χ1n) is 15.9. The van der Waals surface area contributed by atoms with Crippen molar-refractivity contribution in [2.24, 2.45) is 23.2 Å². The first kappa shape index (κ1) is 35.3. The van der Waals surface area contributed by atoms with E-state index in [-0.39, 0.29) is 24.5 Å². The molecular formula is C38H44O9. The minimum atomic E-state index is -1.48. The van der Waals surface area contributed by atoms with Gasteiger partial charge in [-0.2, -0.15) is 0 Å². The topological polar surface area (TPSA) is 122 Å². The van der Waals surface area contributed by atoms with E-state index in [1.807, 2.05) is 13.8 Å². The molecule has 4 rings (SSSR count). The second-order valence-corrected chi connectivity index (χ2v) is 13.3. The van der Waals surface area contributed by atoms with Crippen LogP contribution in [-0.4, -0.2) is 53.6 Å². The van der Waals surface area contributed by atoms with Crippen molar-refractivity contribution in [2.45, 2.75) is 85.2 Å². The normalized spacial score (nSPS) is 30.6. The van der Waals surface area contributed by atoms with Gasteiger partial charge in [-0.25, -0.2) is 9.59 Å². The van der Waals surface area contributed by atoms with Gasteiger partial charge in [-0.3, -0.25) is 14.4 Å². The SMILES string of the molecule is CC(=O)O[C@@H]1[C@H](C)/C=C\C(C)(C)C(=O)C[C@@H](OC(=O)c2ccccc2)/C(C)=C\[C@H]2[C@@H](OC(=O)c3ccccc3)[C@H](C)C[C@]12OC(C)=O. The van der Waals surface area contributed by atoms with Gasteiger partial charge in [0.2, 0.25) is 0 Å². The molecule has 2 aliphatic rings. The summed E-state index contributed by atoms with van der Waals surface area (Å²) in [7, 11) is 0. The maximum atomic E-state index is 13.8. The van der Waals surface area contributed by atoms with Crippen molar-refractivity contribution in [3.8, 4) is 0 Å². The lowest BCUT2D eigenvalue weighted by atomic mass is 9.75. The van der Waals surface area contributed by atoms with E-state index in [4.69, 9.17) is 18.9 Å². The fourth-order valence-electron chi connectivity index (χ4n) is 6.63. The van der Waals surface area contributed by atoms with Crippen LogP contribution in [0.25, 0.3) is 0 Å². The molecule has 0 amide bonds. The highest BCUT2D eigenvalue weighted by atomic mass is 16.6. The lowest BCUT2D eigenvalue weighted by Crippen LogP contribution is -2.55. The molecule has 1 saturated carbocycles. The maximum Gasteiger partial charge on any atom is 0.338 e. The van der Waals surface area contributed by atoms with Gasteiger partial charge in [0.05, 0.1) is 17.0 Å². The Hall–Kier alpha value is -4.53. The first-order chi connectivity index (χ1) is 22.1. The number of Topliss-reactive ketones (excluding diaryl/α,β-unsaturated/α-hetero) is 1. The van der Waals surface area contributed by atoms with Crippen molar-refractivity contribution < 1.29 is 42.9 Å². The molecule has 0 radical (unpaired) electrons. The Morgan fingerprint density at radius 1 is 0.787 bits per heavy atom. The van der Waals surface area contributed by atoms with Gasteiger partial charge >= 0.3 is 23.9 Å². The number of benzene rings is 2. The van der Waals surface area contributed by atoms with Crippen molar-refractivity contribution >= 4 is 29.7 Å². The van der Waals surface area contributed by atoms with Gasteiger partial charge in [0.1, 0.15) is 24.1 Å². The van der Waals surface area contributed by atoms with Crippen LogP contribution in [0.5, 0.6) is 0 Å². The molecule has 0 saturated heterocycles. The Morgan fingerprint density at radius 3 is 1.87 bits per heavy atom. The Bertz CT molecular complexity index is 1540. The third-order valence-electron chi connectivity index (χ3n) is 9.07. The third-order valence-corrected chi connectivity index (χ3v) is 9.07. The molecular weight excluding hydrogens is 600 g/mol. The van der Waals surface area contributed by atoms with E-state index in [0.29, 0.717) is 16.7 Å². The van der Waals surface area contributed by atoms with E-state index in [0.717, 1.165) is 0 Å². The van der Waals surface area contributed by atoms with Crippen LogP contribution >= 0.6 is 0 Å². The van der Waals surface area contributed by atoms with Gasteiger partial charge in [0.25, 0.3) is 0 Å².